The Morgan fingerprint density at radius 1 is 1.35 bits per heavy atom. The summed E-state index contributed by atoms with van der Waals surface area (Å²) in [6, 6.07) is 6.11. The summed E-state index contributed by atoms with van der Waals surface area (Å²) in [4.78, 5) is 10.9. The van der Waals surface area contributed by atoms with Crippen molar-refractivity contribution in [2.75, 3.05) is 7.11 Å². The molecule has 1 aromatic carbocycles. The van der Waals surface area contributed by atoms with E-state index in [1.54, 1.807) is 7.11 Å². The zero-order chi connectivity index (χ0) is 14.1. The fourth-order valence-corrected chi connectivity index (χ4v) is 3.20. The van der Waals surface area contributed by atoms with Crippen LogP contribution in [0.4, 0.5) is 0 Å². The third kappa shape index (κ3) is 2.15. The zero-order valence-corrected chi connectivity index (χ0v) is 11.7. The summed E-state index contributed by atoms with van der Waals surface area (Å²) in [5.74, 6) is 0.0724. The summed E-state index contributed by atoms with van der Waals surface area (Å²) in [6.07, 6.45) is 4.71. The molecule has 4 heteroatoms. The Morgan fingerprint density at radius 3 is 2.90 bits per heavy atom. The number of benzene rings is 1. The van der Waals surface area contributed by atoms with Crippen LogP contribution in [0.25, 0.3) is 10.9 Å². The molecule has 1 aliphatic carbocycles. The Morgan fingerprint density at radius 2 is 2.15 bits per heavy atom. The molecule has 0 spiro atoms. The van der Waals surface area contributed by atoms with Crippen LogP contribution >= 0.6 is 0 Å². The lowest BCUT2D eigenvalue weighted by Crippen LogP contribution is -2.11. The maximum absolute atomic E-state index is 10.9. The van der Waals surface area contributed by atoms with Gasteiger partial charge >= 0.3 is 5.97 Å². The summed E-state index contributed by atoms with van der Waals surface area (Å²) in [6.45, 7) is 0.536. The fourth-order valence-electron chi connectivity index (χ4n) is 3.20. The Labute approximate surface area is 118 Å². The number of carbonyl (C=O) groups is 1. The van der Waals surface area contributed by atoms with Crippen LogP contribution in [0.2, 0.25) is 0 Å². The first-order chi connectivity index (χ1) is 9.70. The molecule has 0 radical (unpaired) electrons. The maximum atomic E-state index is 10.9. The van der Waals surface area contributed by atoms with Crippen LogP contribution < -0.4 is 4.74 Å². The van der Waals surface area contributed by atoms with Gasteiger partial charge in [0.1, 0.15) is 5.75 Å². The van der Waals surface area contributed by atoms with Crippen molar-refractivity contribution in [3.8, 4) is 5.75 Å². The smallest absolute Gasteiger partial charge is 0.305 e. The largest absolute Gasteiger partial charge is 0.497 e. The van der Waals surface area contributed by atoms with E-state index in [9.17, 15) is 4.79 Å². The number of fused-ring (bicyclic) bond motifs is 3. The fraction of sp³-hybridized carbons (Fsp3) is 0.438. The summed E-state index contributed by atoms with van der Waals surface area (Å²) in [5, 5.41) is 10.2. The van der Waals surface area contributed by atoms with Crippen molar-refractivity contribution in [2.24, 2.45) is 0 Å². The Kier molecular flexibility index (Phi) is 3.38. The van der Waals surface area contributed by atoms with Crippen LogP contribution in [0.1, 0.15) is 30.5 Å². The van der Waals surface area contributed by atoms with Crippen molar-refractivity contribution in [1.82, 2.24) is 4.57 Å². The number of carboxylic acids is 1. The van der Waals surface area contributed by atoms with Gasteiger partial charge in [0.15, 0.2) is 0 Å². The summed E-state index contributed by atoms with van der Waals surface area (Å²) in [5.41, 5.74) is 3.83. The zero-order valence-electron chi connectivity index (χ0n) is 11.7. The van der Waals surface area contributed by atoms with Crippen molar-refractivity contribution < 1.29 is 14.6 Å². The van der Waals surface area contributed by atoms with E-state index in [1.807, 2.05) is 12.1 Å². The van der Waals surface area contributed by atoms with E-state index in [1.165, 1.54) is 29.5 Å². The van der Waals surface area contributed by atoms with Crippen LogP contribution in [0.5, 0.6) is 5.75 Å². The molecule has 0 bridgehead atoms. The van der Waals surface area contributed by atoms with Gasteiger partial charge in [-0.15, -0.1) is 0 Å². The number of ether oxygens (including phenoxy) is 1. The van der Waals surface area contributed by atoms with Crippen LogP contribution in [0.15, 0.2) is 18.2 Å². The van der Waals surface area contributed by atoms with Gasteiger partial charge in [0.2, 0.25) is 0 Å². The van der Waals surface area contributed by atoms with Crippen LogP contribution in [-0.4, -0.2) is 22.8 Å². The number of aliphatic carboxylic acids is 1. The summed E-state index contributed by atoms with van der Waals surface area (Å²) >= 11 is 0. The van der Waals surface area contributed by atoms with Crippen molar-refractivity contribution >= 4 is 16.9 Å². The third-order valence-electron chi connectivity index (χ3n) is 4.13. The number of aryl methyl sites for hydroxylation is 2. The molecule has 1 aromatic heterocycles. The first-order valence-corrected chi connectivity index (χ1v) is 7.10. The van der Waals surface area contributed by atoms with Gasteiger partial charge in [0.05, 0.1) is 19.0 Å². The Hall–Kier alpha value is -1.97. The topological polar surface area (TPSA) is 51.5 Å². The monoisotopic (exact) mass is 273 g/mol. The van der Waals surface area contributed by atoms with E-state index in [0.717, 1.165) is 24.1 Å². The van der Waals surface area contributed by atoms with Gasteiger partial charge in [-0.3, -0.25) is 4.79 Å². The molecule has 0 saturated heterocycles. The first kappa shape index (κ1) is 13.0. The number of rotatable bonds is 4. The average molecular weight is 273 g/mol. The van der Waals surface area contributed by atoms with Crippen molar-refractivity contribution in [2.45, 2.75) is 38.6 Å². The molecule has 106 valence electrons. The molecule has 3 rings (SSSR count). The molecule has 0 amide bonds. The lowest BCUT2D eigenvalue weighted by Gasteiger charge is -2.15. The predicted molar refractivity (Wildman–Crippen MR) is 77.4 cm³/mol. The molecule has 0 aliphatic heterocycles. The van der Waals surface area contributed by atoms with E-state index < -0.39 is 5.97 Å². The molecule has 1 aliphatic rings. The highest BCUT2D eigenvalue weighted by molar-refractivity contribution is 5.87. The highest BCUT2D eigenvalue weighted by Crippen LogP contribution is 2.34. The van der Waals surface area contributed by atoms with Crippen LogP contribution in [0, 0.1) is 0 Å². The maximum Gasteiger partial charge on any atom is 0.305 e. The van der Waals surface area contributed by atoms with E-state index in [4.69, 9.17) is 9.84 Å². The molecular formula is C16H19NO3. The second kappa shape index (κ2) is 5.19. The minimum atomic E-state index is -0.751. The number of methoxy groups -OCH3 is 1. The second-order valence-corrected chi connectivity index (χ2v) is 5.31. The minimum Gasteiger partial charge on any atom is -0.497 e. The van der Waals surface area contributed by atoms with Gasteiger partial charge in [-0.1, -0.05) is 0 Å². The third-order valence-corrected chi connectivity index (χ3v) is 4.13. The number of carboxylic acid groups (broad SMARTS) is 1. The van der Waals surface area contributed by atoms with Gasteiger partial charge < -0.3 is 14.4 Å². The van der Waals surface area contributed by atoms with Gasteiger partial charge in [-0.05, 0) is 43.4 Å². The van der Waals surface area contributed by atoms with E-state index in [2.05, 4.69) is 10.6 Å². The Balaban J connectivity index is 2.15. The number of hydrogen-bond acceptors (Lipinski definition) is 2. The van der Waals surface area contributed by atoms with Gasteiger partial charge in [-0.2, -0.15) is 0 Å². The molecule has 2 aromatic rings. The lowest BCUT2D eigenvalue weighted by molar-refractivity contribution is -0.137. The molecule has 0 atom stereocenters. The number of nitrogens with zero attached hydrogens (tertiary/aromatic N) is 1. The molecule has 0 fully saturated rings. The molecule has 20 heavy (non-hydrogen) atoms. The molecule has 4 nitrogen and oxygen atoms in total. The summed E-state index contributed by atoms with van der Waals surface area (Å²) in [7, 11) is 1.66. The quantitative estimate of drug-likeness (QED) is 0.931. The first-order valence-electron chi connectivity index (χ1n) is 7.10. The van der Waals surface area contributed by atoms with Crippen molar-refractivity contribution in [3.05, 3.63) is 29.5 Å². The van der Waals surface area contributed by atoms with Crippen LogP contribution in [-0.2, 0) is 24.2 Å². The minimum absolute atomic E-state index is 0.160. The van der Waals surface area contributed by atoms with Crippen molar-refractivity contribution in [3.63, 3.8) is 0 Å². The normalized spacial score (nSPS) is 14.2. The highest BCUT2D eigenvalue weighted by Gasteiger charge is 2.20. The molecule has 1 N–H and O–H groups in total. The van der Waals surface area contributed by atoms with Crippen molar-refractivity contribution in [1.29, 1.82) is 0 Å². The lowest BCUT2D eigenvalue weighted by atomic mass is 9.95. The molecular weight excluding hydrogens is 254 g/mol. The van der Waals surface area contributed by atoms with Gasteiger partial charge in [0, 0.05) is 23.7 Å². The van der Waals surface area contributed by atoms with E-state index in [0.29, 0.717) is 6.54 Å². The van der Waals surface area contributed by atoms with E-state index >= 15 is 0 Å². The SMILES string of the molecule is COc1ccc2c3c(n(CCC(=O)O)c2c1)CCCC3. The number of aromatic nitrogens is 1. The predicted octanol–water partition coefficient (Wildman–Crippen LogP) is 3.00. The average Bonchev–Trinajstić information content (AvgIpc) is 2.78. The standard InChI is InChI=1S/C16H19NO3/c1-20-11-6-7-13-12-4-2-3-5-14(12)17(15(13)10-11)9-8-16(18)19/h6-7,10H,2-5,8-9H2,1H3,(H,18,19). The van der Waals surface area contributed by atoms with Crippen LogP contribution in [0.3, 0.4) is 0 Å². The van der Waals surface area contributed by atoms with Gasteiger partial charge in [0.25, 0.3) is 0 Å². The van der Waals surface area contributed by atoms with Gasteiger partial charge in [-0.25, -0.2) is 0 Å². The molecule has 0 unspecified atom stereocenters. The number of hydrogen-bond donors (Lipinski definition) is 1. The molecule has 0 saturated carbocycles. The Bertz CT molecular complexity index is 657. The highest BCUT2D eigenvalue weighted by atomic mass is 16.5. The molecule has 1 heterocycles. The second-order valence-electron chi connectivity index (χ2n) is 5.31. The van der Waals surface area contributed by atoms with E-state index in [-0.39, 0.29) is 6.42 Å². The summed E-state index contributed by atoms with van der Waals surface area (Å²) < 4.78 is 7.49.